The first-order valence-electron chi connectivity index (χ1n) is 8.49. The van der Waals surface area contributed by atoms with E-state index in [4.69, 9.17) is 17.3 Å². The molecule has 2 fully saturated rings. The van der Waals surface area contributed by atoms with Crippen LogP contribution in [0.2, 0.25) is 5.02 Å². The predicted molar refractivity (Wildman–Crippen MR) is 97.8 cm³/mol. The molecule has 1 saturated heterocycles. The van der Waals surface area contributed by atoms with Crippen molar-refractivity contribution in [1.82, 2.24) is 9.97 Å². The minimum Gasteiger partial charge on any atom is -0.355 e. The zero-order valence-corrected chi connectivity index (χ0v) is 14.5. The van der Waals surface area contributed by atoms with Gasteiger partial charge in [-0.3, -0.25) is 4.79 Å². The quantitative estimate of drug-likeness (QED) is 0.877. The first kappa shape index (κ1) is 16.3. The molecule has 3 atom stereocenters. The maximum absolute atomic E-state index is 12.5. The number of halogens is 1. The van der Waals surface area contributed by atoms with E-state index >= 15 is 0 Å². The lowest BCUT2D eigenvalue weighted by Crippen LogP contribution is -2.27. The van der Waals surface area contributed by atoms with Crippen molar-refractivity contribution in [2.75, 3.05) is 23.3 Å². The van der Waals surface area contributed by atoms with E-state index in [1.165, 1.54) is 6.33 Å². The Morgan fingerprint density at radius 2 is 2.20 bits per heavy atom. The molecule has 4 rings (SSSR count). The van der Waals surface area contributed by atoms with Crippen molar-refractivity contribution >= 4 is 29.1 Å². The minimum absolute atomic E-state index is 0.00671. The number of hydrogen-bond acceptors (Lipinski definition) is 5. The number of carbonyl (C=O) groups excluding carboxylic acids is 1. The lowest BCUT2D eigenvalue weighted by atomic mass is 10.1. The molecule has 2 aromatic rings. The summed E-state index contributed by atoms with van der Waals surface area (Å²) in [6.45, 7) is 1.66. The van der Waals surface area contributed by atoms with Crippen LogP contribution in [-0.2, 0) is 4.79 Å². The molecule has 2 unspecified atom stereocenters. The van der Waals surface area contributed by atoms with Crippen molar-refractivity contribution in [3.63, 3.8) is 0 Å². The summed E-state index contributed by atoms with van der Waals surface area (Å²) in [5, 5.41) is 3.61. The van der Waals surface area contributed by atoms with Crippen molar-refractivity contribution in [1.29, 1.82) is 0 Å². The summed E-state index contributed by atoms with van der Waals surface area (Å²) in [5.74, 6) is 1.54. The summed E-state index contributed by atoms with van der Waals surface area (Å²) in [6, 6.07) is 9.70. The number of anilines is 2. The highest BCUT2D eigenvalue weighted by molar-refractivity contribution is 6.30. The van der Waals surface area contributed by atoms with Crippen LogP contribution in [0.15, 0.2) is 36.7 Å². The second kappa shape index (κ2) is 6.61. The smallest absolute Gasteiger partial charge is 0.229 e. The van der Waals surface area contributed by atoms with Crippen molar-refractivity contribution < 1.29 is 4.79 Å². The van der Waals surface area contributed by atoms with Gasteiger partial charge in [-0.25, -0.2) is 9.97 Å². The van der Waals surface area contributed by atoms with Crippen LogP contribution in [0.1, 0.15) is 24.3 Å². The molecule has 0 radical (unpaired) electrons. The van der Waals surface area contributed by atoms with Crippen LogP contribution in [0.4, 0.5) is 11.6 Å². The van der Waals surface area contributed by atoms with E-state index in [1.807, 2.05) is 30.3 Å². The number of carbonyl (C=O) groups is 1. The SMILES string of the molecule is NC1CCN(c2cc(NC(=O)C3C[C@@H]3c3cccc(Cl)c3)ncn2)C1. The average Bonchev–Trinajstić information content (AvgIpc) is 3.29. The van der Waals surface area contributed by atoms with Crippen LogP contribution in [0, 0.1) is 5.92 Å². The number of rotatable bonds is 4. The molecule has 6 nitrogen and oxygen atoms in total. The number of nitrogens with one attached hydrogen (secondary N) is 1. The van der Waals surface area contributed by atoms with E-state index in [2.05, 4.69) is 20.2 Å². The summed E-state index contributed by atoms with van der Waals surface area (Å²) in [7, 11) is 0. The Bertz CT molecular complexity index is 799. The number of hydrogen-bond donors (Lipinski definition) is 2. The number of nitrogens with zero attached hydrogens (tertiary/aromatic N) is 3. The summed E-state index contributed by atoms with van der Waals surface area (Å²) in [6.07, 6.45) is 3.27. The van der Waals surface area contributed by atoms with Crippen molar-refractivity contribution in [3.8, 4) is 0 Å². The van der Waals surface area contributed by atoms with Gasteiger partial charge in [0, 0.05) is 36.1 Å². The largest absolute Gasteiger partial charge is 0.355 e. The van der Waals surface area contributed by atoms with Crippen LogP contribution in [0.5, 0.6) is 0 Å². The molecule has 1 aromatic carbocycles. The number of aromatic nitrogens is 2. The Morgan fingerprint density at radius 1 is 1.32 bits per heavy atom. The van der Waals surface area contributed by atoms with Gasteiger partial charge in [0.25, 0.3) is 0 Å². The average molecular weight is 358 g/mol. The topological polar surface area (TPSA) is 84.1 Å². The van der Waals surface area contributed by atoms with E-state index in [-0.39, 0.29) is 23.8 Å². The Morgan fingerprint density at radius 3 is 2.96 bits per heavy atom. The molecule has 1 amide bonds. The fourth-order valence-corrected chi connectivity index (χ4v) is 3.59. The molecule has 7 heteroatoms. The Labute approximate surface area is 151 Å². The Hall–Kier alpha value is -2.18. The highest BCUT2D eigenvalue weighted by atomic mass is 35.5. The first-order chi connectivity index (χ1) is 12.1. The van der Waals surface area contributed by atoms with Gasteiger partial charge >= 0.3 is 0 Å². The lowest BCUT2D eigenvalue weighted by Gasteiger charge is -2.17. The molecule has 25 heavy (non-hydrogen) atoms. The van der Waals surface area contributed by atoms with Crippen molar-refractivity contribution in [3.05, 3.63) is 47.2 Å². The van der Waals surface area contributed by atoms with E-state index < -0.39 is 0 Å². The summed E-state index contributed by atoms with van der Waals surface area (Å²) in [5.41, 5.74) is 7.06. The van der Waals surface area contributed by atoms with Gasteiger partial charge in [-0.1, -0.05) is 23.7 Å². The molecule has 1 aliphatic carbocycles. The van der Waals surface area contributed by atoms with Gasteiger partial charge in [0.15, 0.2) is 0 Å². The first-order valence-corrected chi connectivity index (χ1v) is 8.87. The summed E-state index contributed by atoms with van der Waals surface area (Å²) in [4.78, 5) is 23.1. The number of amides is 1. The van der Waals surface area contributed by atoms with Crippen LogP contribution in [0.3, 0.4) is 0 Å². The van der Waals surface area contributed by atoms with E-state index in [9.17, 15) is 4.79 Å². The van der Waals surface area contributed by atoms with Gasteiger partial charge in [0.1, 0.15) is 18.0 Å². The maximum Gasteiger partial charge on any atom is 0.229 e. The van der Waals surface area contributed by atoms with Gasteiger partial charge in [-0.15, -0.1) is 0 Å². The van der Waals surface area contributed by atoms with Crippen LogP contribution in [-0.4, -0.2) is 35.0 Å². The zero-order valence-electron chi connectivity index (χ0n) is 13.7. The maximum atomic E-state index is 12.5. The van der Waals surface area contributed by atoms with Crippen LogP contribution >= 0.6 is 11.6 Å². The second-order valence-corrected chi connectivity index (χ2v) is 7.19. The third-order valence-corrected chi connectivity index (χ3v) is 5.09. The van der Waals surface area contributed by atoms with Gasteiger partial charge in [-0.05, 0) is 36.5 Å². The van der Waals surface area contributed by atoms with E-state index in [0.717, 1.165) is 37.3 Å². The molecule has 1 saturated carbocycles. The standard InChI is InChI=1S/C18H20ClN5O/c19-12-3-1-2-11(6-12)14-7-15(14)18(25)23-16-8-17(22-10-21-16)24-5-4-13(20)9-24/h1-3,6,8,10,13-15H,4-5,7,9,20H2,(H,21,22,23,25)/t13?,14-,15?/m1/s1. The number of nitrogens with two attached hydrogens (primary N) is 1. The molecular formula is C18H20ClN5O. The van der Waals surface area contributed by atoms with Crippen molar-refractivity contribution in [2.24, 2.45) is 11.7 Å². The molecule has 1 aromatic heterocycles. The van der Waals surface area contributed by atoms with Crippen LogP contribution < -0.4 is 16.0 Å². The molecule has 0 bridgehead atoms. The van der Waals surface area contributed by atoms with Crippen LogP contribution in [0.25, 0.3) is 0 Å². The lowest BCUT2D eigenvalue weighted by molar-refractivity contribution is -0.117. The molecule has 2 aliphatic rings. The molecule has 1 aliphatic heterocycles. The second-order valence-electron chi connectivity index (χ2n) is 6.75. The predicted octanol–water partition coefficient (Wildman–Crippen LogP) is 2.41. The fourth-order valence-electron chi connectivity index (χ4n) is 3.39. The van der Waals surface area contributed by atoms with E-state index in [1.54, 1.807) is 0 Å². The highest BCUT2D eigenvalue weighted by Crippen LogP contribution is 2.48. The van der Waals surface area contributed by atoms with Gasteiger partial charge in [-0.2, -0.15) is 0 Å². The number of benzene rings is 1. The molecule has 3 N–H and O–H groups in total. The normalized spacial score (nSPS) is 25.0. The third kappa shape index (κ3) is 3.60. The van der Waals surface area contributed by atoms with Gasteiger partial charge in [0.05, 0.1) is 0 Å². The molecule has 130 valence electrons. The third-order valence-electron chi connectivity index (χ3n) is 4.86. The summed E-state index contributed by atoms with van der Waals surface area (Å²) >= 11 is 6.03. The monoisotopic (exact) mass is 357 g/mol. The van der Waals surface area contributed by atoms with Gasteiger partial charge in [0.2, 0.25) is 5.91 Å². The molecule has 2 heterocycles. The molecule has 0 spiro atoms. The molecular weight excluding hydrogens is 338 g/mol. The van der Waals surface area contributed by atoms with E-state index in [0.29, 0.717) is 10.8 Å². The highest BCUT2D eigenvalue weighted by Gasteiger charge is 2.44. The minimum atomic E-state index is -0.0305. The van der Waals surface area contributed by atoms with Gasteiger partial charge < -0.3 is 16.0 Å². The summed E-state index contributed by atoms with van der Waals surface area (Å²) < 4.78 is 0. The van der Waals surface area contributed by atoms with Crippen molar-refractivity contribution in [2.45, 2.75) is 24.8 Å². The fraction of sp³-hybridized carbons (Fsp3) is 0.389. The zero-order chi connectivity index (χ0) is 17.4. The Balaban J connectivity index is 1.40. The Kier molecular flexibility index (Phi) is 4.31.